The lowest BCUT2D eigenvalue weighted by atomic mass is 9.81. The normalized spacial score (nSPS) is 42.2. The SMILES string of the molecule is CC(=O)O[C@H]1[C@@H](C)C[C@]2(OC(C)=O)C(=O)/C(C)=C/[C@@H]3[C@H](CC/C(C)=C\[C@@H]12)C3(C)C. The number of hydrogen-bond acceptors (Lipinski definition) is 5. The van der Waals surface area contributed by atoms with Gasteiger partial charge < -0.3 is 9.47 Å². The standard InChI is InChI=1S/C24H34O5/c1-13-8-9-18-19(23(18,6)7)11-14(2)22(27)24(29-17(5)26)12-15(3)21(20(24)10-13)28-16(4)25/h10-11,15,18-21H,8-9,12H2,1-7H3/b13-10-,14-11+/t15-,18-,19+,20-,21-,24+/m0/s1. The Labute approximate surface area is 173 Å². The number of hydrogen-bond donors (Lipinski definition) is 0. The van der Waals surface area contributed by atoms with Gasteiger partial charge in [-0.25, -0.2) is 0 Å². The Balaban J connectivity index is 2.13. The summed E-state index contributed by atoms with van der Waals surface area (Å²) in [5, 5.41) is 0. The molecular weight excluding hydrogens is 368 g/mol. The van der Waals surface area contributed by atoms with E-state index in [1.54, 1.807) is 0 Å². The number of allylic oxidation sites excluding steroid dienone is 2. The van der Waals surface area contributed by atoms with Gasteiger partial charge in [-0.2, -0.15) is 0 Å². The monoisotopic (exact) mass is 402 g/mol. The van der Waals surface area contributed by atoms with Crippen molar-refractivity contribution in [3.05, 3.63) is 23.3 Å². The molecule has 0 bridgehead atoms. The number of carbonyl (C=O) groups excluding carboxylic acids is 3. The first-order valence-corrected chi connectivity index (χ1v) is 10.7. The van der Waals surface area contributed by atoms with Crippen LogP contribution in [0.1, 0.15) is 67.7 Å². The summed E-state index contributed by atoms with van der Waals surface area (Å²) in [5.74, 6) is -0.721. The quantitative estimate of drug-likeness (QED) is 0.506. The lowest BCUT2D eigenvalue weighted by Gasteiger charge is -2.34. The fourth-order valence-corrected chi connectivity index (χ4v) is 5.74. The smallest absolute Gasteiger partial charge is 0.303 e. The van der Waals surface area contributed by atoms with Crippen molar-refractivity contribution in [3.8, 4) is 0 Å². The summed E-state index contributed by atoms with van der Waals surface area (Å²) < 4.78 is 11.5. The van der Waals surface area contributed by atoms with Crippen LogP contribution in [0.4, 0.5) is 0 Å². The number of ether oxygens (including phenoxy) is 2. The molecule has 5 heteroatoms. The predicted octanol–water partition coefficient (Wildman–Crippen LogP) is 4.40. The summed E-state index contributed by atoms with van der Waals surface area (Å²) in [5.41, 5.74) is 0.636. The Hall–Kier alpha value is -1.91. The van der Waals surface area contributed by atoms with Gasteiger partial charge in [0, 0.05) is 20.3 Å². The molecule has 6 atom stereocenters. The van der Waals surface area contributed by atoms with E-state index in [2.05, 4.69) is 26.8 Å². The lowest BCUT2D eigenvalue weighted by molar-refractivity contribution is -0.169. The highest BCUT2D eigenvalue weighted by Crippen LogP contribution is 2.62. The fraction of sp³-hybridized carbons (Fsp3) is 0.708. The number of esters is 2. The number of Topliss-reactive ketones (excluding diaryl/α,β-unsaturated/α-hetero) is 1. The molecule has 2 fully saturated rings. The second-order valence-corrected chi connectivity index (χ2v) is 9.95. The summed E-state index contributed by atoms with van der Waals surface area (Å²) in [6, 6.07) is 0. The van der Waals surface area contributed by atoms with Crippen LogP contribution in [0.2, 0.25) is 0 Å². The zero-order chi connectivity index (χ0) is 21.7. The van der Waals surface area contributed by atoms with Crippen LogP contribution >= 0.6 is 0 Å². The lowest BCUT2D eigenvalue weighted by Crippen LogP contribution is -2.48. The van der Waals surface area contributed by atoms with Crippen molar-refractivity contribution in [3.63, 3.8) is 0 Å². The molecule has 0 aromatic heterocycles. The van der Waals surface area contributed by atoms with E-state index in [4.69, 9.17) is 9.47 Å². The van der Waals surface area contributed by atoms with Crippen molar-refractivity contribution in [2.24, 2.45) is 29.1 Å². The first kappa shape index (κ1) is 21.8. The molecule has 0 spiro atoms. The zero-order valence-corrected chi connectivity index (χ0v) is 18.7. The Morgan fingerprint density at radius 2 is 1.72 bits per heavy atom. The van der Waals surface area contributed by atoms with Gasteiger partial charge in [0.2, 0.25) is 5.78 Å². The van der Waals surface area contributed by atoms with Crippen molar-refractivity contribution in [1.29, 1.82) is 0 Å². The largest absolute Gasteiger partial charge is 0.461 e. The highest BCUT2D eigenvalue weighted by Gasteiger charge is 2.61. The molecule has 0 aromatic rings. The van der Waals surface area contributed by atoms with Crippen molar-refractivity contribution >= 4 is 17.7 Å². The number of fused-ring (bicyclic) bond motifs is 2. The number of carbonyl (C=O) groups is 3. The summed E-state index contributed by atoms with van der Waals surface area (Å²) in [7, 11) is 0. The van der Waals surface area contributed by atoms with E-state index in [-0.39, 0.29) is 23.1 Å². The predicted molar refractivity (Wildman–Crippen MR) is 110 cm³/mol. The van der Waals surface area contributed by atoms with Crippen LogP contribution in [-0.4, -0.2) is 29.4 Å². The molecule has 0 N–H and O–H groups in total. The molecule has 0 radical (unpaired) electrons. The minimum absolute atomic E-state index is 0.0999. The van der Waals surface area contributed by atoms with E-state index < -0.39 is 23.6 Å². The van der Waals surface area contributed by atoms with E-state index in [1.165, 1.54) is 13.8 Å². The van der Waals surface area contributed by atoms with Gasteiger partial charge in [-0.15, -0.1) is 0 Å². The summed E-state index contributed by atoms with van der Waals surface area (Å²) in [4.78, 5) is 37.6. The van der Waals surface area contributed by atoms with E-state index in [9.17, 15) is 14.4 Å². The molecule has 0 aromatic carbocycles. The van der Waals surface area contributed by atoms with Crippen LogP contribution < -0.4 is 0 Å². The molecule has 0 amide bonds. The number of rotatable bonds is 2. The van der Waals surface area contributed by atoms with Crippen molar-refractivity contribution in [2.45, 2.75) is 79.4 Å². The van der Waals surface area contributed by atoms with Crippen LogP contribution in [0, 0.1) is 29.1 Å². The molecule has 0 aliphatic heterocycles. The van der Waals surface area contributed by atoms with Crippen LogP contribution in [-0.2, 0) is 23.9 Å². The average Bonchev–Trinajstić information content (AvgIpc) is 3.01. The van der Waals surface area contributed by atoms with Crippen LogP contribution in [0.3, 0.4) is 0 Å². The van der Waals surface area contributed by atoms with Crippen molar-refractivity contribution in [1.82, 2.24) is 0 Å². The molecule has 3 aliphatic rings. The van der Waals surface area contributed by atoms with Crippen molar-refractivity contribution in [2.75, 3.05) is 0 Å². The molecule has 2 saturated carbocycles. The van der Waals surface area contributed by atoms with Gasteiger partial charge in [-0.1, -0.05) is 38.5 Å². The third-order valence-corrected chi connectivity index (χ3v) is 7.33. The maximum atomic E-state index is 13.8. The average molecular weight is 403 g/mol. The number of ketones is 1. The Bertz CT molecular complexity index is 789. The fourth-order valence-electron chi connectivity index (χ4n) is 5.74. The minimum atomic E-state index is -1.33. The molecule has 0 saturated heterocycles. The molecule has 0 heterocycles. The van der Waals surface area contributed by atoms with E-state index in [0.29, 0.717) is 23.8 Å². The second-order valence-electron chi connectivity index (χ2n) is 9.95. The maximum Gasteiger partial charge on any atom is 0.303 e. The van der Waals surface area contributed by atoms with Gasteiger partial charge in [0.25, 0.3) is 0 Å². The van der Waals surface area contributed by atoms with Crippen LogP contribution in [0.5, 0.6) is 0 Å². The van der Waals surface area contributed by atoms with E-state index in [1.807, 2.05) is 19.9 Å². The third kappa shape index (κ3) is 3.80. The molecule has 3 aliphatic carbocycles. The molecule has 29 heavy (non-hydrogen) atoms. The van der Waals surface area contributed by atoms with E-state index >= 15 is 0 Å². The summed E-state index contributed by atoms with van der Waals surface area (Å²) in [6.07, 6.45) is 5.94. The molecular formula is C24H34O5. The van der Waals surface area contributed by atoms with Gasteiger partial charge >= 0.3 is 11.9 Å². The first-order chi connectivity index (χ1) is 13.4. The Morgan fingerprint density at radius 3 is 2.31 bits per heavy atom. The van der Waals surface area contributed by atoms with Crippen LogP contribution in [0.25, 0.3) is 0 Å². The Morgan fingerprint density at radius 1 is 1.07 bits per heavy atom. The topological polar surface area (TPSA) is 69.7 Å². The summed E-state index contributed by atoms with van der Waals surface area (Å²) >= 11 is 0. The molecule has 3 rings (SSSR count). The van der Waals surface area contributed by atoms with Gasteiger partial charge in [-0.05, 0) is 55.4 Å². The highest BCUT2D eigenvalue weighted by molar-refractivity contribution is 6.03. The molecule has 160 valence electrons. The minimum Gasteiger partial charge on any atom is -0.461 e. The first-order valence-electron chi connectivity index (χ1n) is 10.7. The molecule has 0 unspecified atom stereocenters. The van der Waals surface area contributed by atoms with Gasteiger partial charge in [0.15, 0.2) is 5.60 Å². The van der Waals surface area contributed by atoms with Gasteiger partial charge in [0.05, 0.1) is 5.92 Å². The second kappa shape index (κ2) is 7.41. The molecule has 5 nitrogen and oxygen atoms in total. The van der Waals surface area contributed by atoms with Gasteiger partial charge in [0.1, 0.15) is 6.10 Å². The maximum absolute atomic E-state index is 13.8. The van der Waals surface area contributed by atoms with Crippen molar-refractivity contribution < 1.29 is 23.9 Å². The van der Waals surface area contributed by atoms with Gasteiger partial charge in [-0.3, -0.25) is 14.4 Å². The Kier molecular flexibility index (Phi) is 5.57. The van der Waals surface area contributed by atoms with Crippen LogP contribution in [0.15, 0.2) is 23.3 Å². The third-order valence-electron chi connectivity index (χ3n) is 7.33. The summed E-state index contributed by atoms with van der Waals surface area (Å²) in [6.45, 7) is 13.1. The van der Waals surface area contributed by atoms with E-state index in [0.717, 1.165) is 18.4 Å². The highest BCUT2D eigenvalue weighted by atomic mass is 16.6. The zero-order valence-electron chi connectivity index (χ0n) is 18.7.